The second kappa shape index (κ2) is 5.77. The molecular formula is C12H15BrN2O3. The molecule has 0 amide bonds. The van der Waals surface area contributed by atoms with Crippen LogP contribution in [0.2, 0.25) is 0 Å². The fraction of sp³-hybridized carbons (Fsp3) is 0.500. The molecule has 98 valence electrons. The van der Waals surface area contributed by atoms with E-state index in [9.17, 15) is 10.1 Å². The molecule has 0 radical (unpaired) electrons. The highest BCUT2D eigenvalue weighted by molar-refractivity contribution is 9.10. The Bertz CT molecular complexity index is 447. The van der Waals surface area contributed by atoms with Gasteiger partial charge in [0, 0.05) is 16.6 Å². The van der Waals surface area contributed by atoms with Gasteiger partial charge in [-0.3, -0.25) is 10.1 Å². The van der Waals surface area contributed by atoms with E-state index in [0.717, 1.165) is 24.9 Å². The monoisotopic (exact) mass is 314 g/mol. The second-order valence-corrected chi connectivity index (χ2v) is 5.39. The number of rotatable bonds is 5. The maximum Gasteiger partial charge on any atom is 0.270 e. The van der Waals surface area contributed by atoms with Crippen LogP contribution in [0.15, 0.2) is 22.7 Å². The third-order valence-corrected chi connectivity index (χ3v) is 3.99. The van der Waals surface area contributed by atoms with Crippen LogP contribution in [-0.4, -0.2) is 17.6 Å². The highest BCUT2D eigenvalue weighted by atomic mass is 79.9. The molecule has 0 spiro atoms. The van der Waals surface area contributed by atoms with E-state index in [1.165, 1.54) is 12.1 Å². The zero-order valence-corrected chi connectivity index (χ0v) is 11.4. The number of non-ortho nitro benzene ring substituents is 1. The number of ether oxygens (including phenoxy) is 1. The average molecular weight is 315 g/mol. The van der Waals surface area contributed by atoms with Crippen molar-refractivity contribution in [3.05, 3.63) is 38.3 Å². The molecule has 0 bridgehead atoms. The lowest BCUT2D eigenvalue weighted by atomic mass is 9.82. The molecule has 1 saturated carbocycles. The van der Waals surface area contributed by atoms with E-state index in [1.54, 1.807) is 6.07 Å². The zero-order chi connectivity index (χ0) is 13.1. The van der Waals surface area contributed by atoms with Gasteiger partial charge in [0.2, 0.25) is 0 Å². The summed E-state index contributed by atoms with van der Waals surface area (Å²) in [6, 6.07) is 4.72. The van der Waals surface area contributed by atoms with E-state index < -0.39 is 4.92 Å². The Balaban J connectivity index is 1.88. The Morgan fingerprint density at radius 1 is 1.50 bits per heavy atom. The SMILES string of the molecule is NCC1CC(OCc2ccc([N+](=O)[O-])cc2Br)C1. The zero-order valence-electron chi connectivity index (χ0n) is 9.84. The first-order chi connectivity index (χ1) is 8.60. The van der Waals surface area contributed by atoms with Gasteiger partial charge in [0.25, 0.3) is 5.69 Å². The lowest BCUT2D eigenvalue weighted by Gasteiger charge is -2.34. The van der Waals surface area contributed by atoms with Crippen molar-refractivity contribution in [2.45, 2.75) is 25.6 Å². The fourth-order valence-electron chi connectivity index (χ4n) is 1.98. The summed E-state index contributed by atoms with van der Waals surface area (Å²) in [5.41, 5.74) is 6.55. The van der Waals surface area contributed by atoms with E-state index in [4.69, 9.17) is 10.5 Å². The van der Waals surface area contributed by atoms with Crippen LogP contribution in [0.4, 0.5) is 5.69 Å². The molecule has 0 saturated heterocycles. The molecule has 1 aromatic rings. The summed E-state index contributed by atoms with van der Waals surface area (Å²) in [4.78, 5) is 10.2. The van der Waals surface area contributed by atoms with Gasteiger partial charge in [-0.1, -0.05) is 15.9 Å². The van der Waals surface area contributed by atoms with Crippen molar-refractivity contribution >= 4 is 21.6 Å². The molecule has 0 aliphatic heterocycles. The van der Waals surface area contributed by atoms with Crippen molar-refractivity contribution in [1.82, 2.24) is 0 Å². The maximum absolute atomic E-state index is 10.6. The minimum Gasteiger partial charge on any atom is -0.373 e. The Morgan fingerprint density at radius 2 is 2.22 bits per heavy atom. The molecule has 1 fully saturated rings. The van der Waals surface area contributed by atoms with E-state index >= 15 is 0 Å². The van der Waals surface area contributed by atoms with Crippen molar-refractivity contribution in [3.8, 4) is 0 Å². The molecule has 0 unspecified atom stereocenters. The van der Waals surface area contributed by atoms with E-state index in [0.29, 0.717) is 17.0 Å². The number of hydrogen-bond donors (Lipinski definition) is 1. The van der Waals surface area contributed by atoms with Gasteiger partial charge in [0.1, 0.15) is 0 Å². The molecule has 0 aromatic heterocycles. The molecule has 0 heterocycles. The molecule has 2 N–H and O–H groups in total. The number of nitro benzene ring substituents is 1. The largest absolute Gasteiger partial charge is 0.373 e. The van der Waals surface area contributed by atoms with Crippen LogP contribution >= 0.6 is 15.9 Å². The predicted molar refractivity (Wildman–Crippen MR) is 71.2 cm³/mol. The van der Waals surface area contributed by atoms with Crippen LogP contribution in [0.1, 0.15) is 18.4 Å². The first-order valence-electron chi connectivity index (χ1n) is 5.84. The van der Waals surface area contributed by atoms with Crippen LogP contribution in [0.3, 0.4) is 0 Å². The third-order valence-electron chi connectivity index (χ3n) is 3.25. The number of halogens is 1. The van der Waals surface area contributed by atoms with Gasteiger partial charge in [0.05, 0.1) is 17.6 Å². The quantitative estimate of drug-likeness (QED) is 0.669. The van der Waals surface area contributed by atoms with E-state index in [-0.39, 0.29) is 11.8 Å². The predicted octanol–water partition coefficient (Wildman–Crippen LogP) is 2.61. The lowest BCUT2D eigenvalue weighted by Crippen LogP contribution is -2.35. The summed E-state index contributed by atoms with van der Waals surface area (Å²) < 4.78 is 6.44. The van der Waals surface area contributed by atoms with Crippen LogP contribution in [0, 0.1) is 16.0 Å². The second-order valence-electron chi connectivity index (χ2n) is 4.54. The van der Waals surface area contributed by atoms with Gasteiger partial charge in [-0.2, -0.15) is 0 Å². The van der Waals surface area contributed by atoms with Crippen LogP contribution < -0.4 is 5.73 Å². The van der Waals surface area contributed by atoms with Gasteiger partial charge in [-0.25, -0.2) is 0 Å². The van der Waals surface area contributed by atoms with E-state index in [1.807, 2.05) is 0 Å². The van der Waals surface area contributed by atoms with Gasteiger partial charge in [-0.15, -0.1) is 0 Å². The summed E-state index contributed by atoms with van der Waals surface area (Å²) in [6.45, 7) is 1.20. The molecule has 1 aliphatic carbocycles. The summed E-state index contributed by atoms with van der Waals surface area (Å²) in [5.74, 6) is 0.593. The number of nitrogens with two attached hydrogens (primary N) is 1. The Kier molecular flexibility index (Phi) is 4.31. The summed E-state index contributed by atoms with van der Waals surface area (Å²) in [7, 11) is 0. The first-order valence-corrected chi connectivity index (χ1v) is 6.64. The van der Waals surface area contributed by atoms with Crippen LogP contribution in [0.5, 0.6) is 0 Å². The highest BCUT2D eigenvalue weighted by Gasteiger charge is 2.28. The van der Waals surface area contributed by atoms with Crippen molar-refractivity contribution < 1.29 is 9.66 Å². The molecule has 5 nitrogen and oxygen atoms in total. The Morgan fingerprint density at radius 3 is 2.78 bits per heavy atom. The minimum atomic E-state index is -0.410. The standard InChI is InChI=1S/C12H15BrN2O3/c13-12-5-10(15(16)17)2-1-9(12)7-18-11-3-8(4-11)6-14/h1-2,5,8,11H,3-4,6-7,14H2. The summed E-state index contributed by atoms with van der Waals surface area (Å²) in [5, 5.41) is 10.6. The molecular weight excluding hydrogens is 300 g/mol. The molecule has 0 atom stereocenters. The molecule has 18 heavy (non-hydrogen) atoms. The number of hydrogen-bond acceptors (Lipinski definition) is 4. The summed E-state index contributed by atoms with van der Waals surface area (Å²) >= 11 is 3.33. The van der Waals surface area contributed by atoms with Crippen LogP contribution in [0.25, 0.3) is 0 Å². The van der Waals surface area contributed by atoms with Crippen molar-refractivity contribution in [1.29, 1.82) is 0 Å². The molecule has 1 aliphatic rings. The fourth-order valence-corrected chi connectivity index (χ4v) is 2.46. The normalized spacial score (nSPS) is 22.6. The van der Waals surface area contributed by atoms with Crippen LogP contribution in [-0.2, 0) is 11.3 Å². The van der Waals surface area contributed by atoms with Crippen molar-refractivity contribution in [3.63, 3.8) is 0 Å². The van der Waals surface area contributed by atoms with Gasteiger partial charge < -0.3 is 10.5 Å². The van der Waals surface area contributed by atoms with Crippen molar-refractivity contribution in [2.75, 3.05) is 6.54 Å². The lowest BCUT2D eigenvalue weighted by molar-refractivity contribution is -0.384. The maximum atomic E-state index is 10.6. The Hall–Kier alpha value is -0.980. The van der Waals surface area contributed by atoms with Gasteiger partial charge >= 0.3 is 0 Å². The number of nitro groups is 1. The van der Waals surface area contributed by atoms with Crippen molar-refractivity contribution in [2.24, 2.45) is 11.7 Å². The average Bonchev–Trinajstić information content (AvgIpc) is 2.28. The highest BCUT2D eigenvalue weighted by Crippen LogP contribution is 2.31. The van der Waals surface area contributed by atoms with Gasteiger partial charge in [-0.05, 0) is 36.9 Å². The number of benzene rings is 1. The smallest absolute Gasteiger partial charge is 0.270 e. The molecule has 2 rings (SSSR count). The first kappa shape index (κ1) is 13.5. The minimum absolute atomic E-state index is 0.0810. The third kappa shape index (κ3) is 3.07. The Labute approximate surface area is 114 Å². The summed E-state index contributed by atoms with van der Waals surface area (Å²) in [6.07, 6.45) is 2.31. The molecule has 1 aromatic carbocycles. The topological polar surface area (TPSA) is 78.4 Å². The van der Waals surface area contributed by atoms with Gasteiger partial charge in [0.15, 0.2) is 0 Å². The molecule has 6 heteroatoms. The number of nitrogens with zero attached hydrogens (tertiary/aromatic N) is 1. The van der Waals surface area contributed by atoms with E-state index in [2.05, 4.69) is 15.9 Å².